The van der Waals surface area contributed by atoms with Crippen molar-refractivity contribution in [2.24, 2.45) is 5.92 Å². The lowest BCUT2D eigenvalue weighted by Gasteiger charge is -2.21. The van der Waals surface area contributed by atoms with Crippen molar-refractivity contribution >= 4 is 11.3 Å². The van der Waals surface area contributed by atoms with Gasteiger partial charge in [-0.2, -0.15) is 0 Å². The highest BCUT2D eigenvalue weighted by Gasteiger charge is 2.15. The van der Waals surface area contributed by atoms with Crippen LogP contribution in [0.15, 0.2) is 0 Å². The minimum absolute atomic E-state index is 0.417. The van der Waals surface area contributed by atoms with Crippen LogP contribution in [0.1, 0.15) is 55.7 Å². The fourth-order valence-electron chi connectivity index (χ4n) is 2.23. The van der Waals surface area contributed by atoms with E-state index in [-0.39, 0.29) is 0 Å². The molecule has 3 heteroatoms. The molecule has 0 aliphatic rings. The van der Waals surface area contributed by atoms with Gasteiger partial charge in [-0.25, -0.2) is 4.98 Å². The minimum atomic E-state index is 0.417. The third-order valence-corrected chi connectivity index (χ3v) is 3.95. The highest BCUT2D eigenvalue weighted by molar-refractivity contribution is 7.11. The molecule has 2 atom stereocenters. The summed E-state index contributed by atoms with van der Waals surface area (Å²) in [4.78, 5) is 5.86. The number of rotatable bonds is 5. The van der Waals surface area contributed by atoms with Crippen LogP contribution in [-0.4, -0.2) is 11.0 Å². The Morgan fingerprint density at radius 2 is 1.81 bits per heavy atom. The molecule has 1 N–H and O–H groups in total. The van der Waals surface area contributed by atoms with E-state index in [4.69, 9.17) is 0 Å². The van der Waals surface area contributed by atoms with Crippen LogP contribution in [0.25, 0.3) is 0 Å². The van der Waals surface area contributed by atoms with Crippen molar-refractivity contribution in [1.29, 1.82) is 0 Å². The Morgan fingerprint density at radius 1 is 1.19 bits per heavy atom. The zero-order valence-electron chi connectivity index (χ0n) is 11.3. The van der Waals surface area contributed by atoms with Crippen molar-refractivity contribution in [3.8, 4) is 0 Å². The quantitative estimate of drug-likeness (QED) is 0.845. The smallest absolute Gasteiger partial charge is 0.0900 e. The van der Waals surface area contributed by atoms with Gasteiger partial charge in [-0.1, -0.05) is 13.8 Å². The van der Waals surface area contributed by atoms with Crippen LogP contribution in [-0.2, 0) is 0 Å². The number of thiazole rings is 1. The van der Waals surface area contributed by atoms with Crippen LogP contribution in [0.3, 0.4) is 0 Å². The molecule has 92 valence electrons. The molecule has 0 spiro atoms. The highest BCUT2D eigenvalue weighted by atomic mass is 32.1. The van der Waals surface area contributed by atoms with Gasteiger partial charge in [0.2, 0.25) is 0 Å². The predicted octanol–water partition coefficient (Wildman–Crippen LogP) is 3.85. The molecule has 1 heterocycles. The molecule has 0 fully saturated rings. The molecule has 1 aromatic heterocycles. The number of hydrogen-bond acceptors (Lipinski definition) is 3. The Labute approximate surface area is 103 Å². The Hall–Kier alpha value is -0.410. The van der Waals surface area contributed by atoms with Crippen molar-refractivity contribution in [1.82, 2.24) is 10.3 Å². The molecule has 0 bridgehead atoms. The second-order valence-electron chi connectivity index (χ2n) is 5.10. The topological polar surface area (TPSA) is 24.9 Å². The van der Waals surface area contributed by atoms with Crippen LogP contribution >= 0.6 is 11.3 Å². The summed E-state index contributed by atoms with van der Waals surface area (Å²) in [6, 6.07) is 0.983. The summed E-state index contributed by atoms with van der Waals surface area (Å²) >= 11 is 1.81. The fraction of sp³-hybridized carbons (Fsp3) is 0.769. The Kier molecular flexibility index (Phi) is 4.93. The van der Waals surface area contributed by atoms with Gasteiger partial charge in [0.25, 0.3) is 0 Å². The number of aryl methyl sites for hydroxylation is 2. The Balaban J connectivity index is 2.58. The summed E-state index contributed by atoms with van der Waals surface area (Å²) < 4.78 is 0. The zero-order valence-corrected chi connectivity index (χ0v) is 12.1. The molecular weight excluding hydrogens is 216 g/mol. The van der Waals surface area contributed by atoms with Gasteiger partial charge in [0.05, 0.1) is 10.7 Å². The molecule has 1 rings (SSSR count). The van der Waals surface area contributed by atoms with E-state index in [2.05, 4.69) is 51.8 Å². The van der Waals surface area contributed by atoms with Crippen LogP contribution in [0.4, 0.5) is 0 Å². The molecular formula is C13H24N2S. The molecule has 0 radical (unpaired) electrons. The third kappa shape index (κ3) is 3.87. The highest BCUT2D eigenvalue weighted by Crippen LogP contribution is 2.25. The van der Waals surface area contributed by atoms with Gasteiger partial charge in [0.1, 0.15) is 0 Å². The van der Waals surface area contributed by atoms with E-state index < -0.39 is 0 Å². The molecule has 2 nitrogen and oxygen atoms in total. The molecule has 0 aromatic carbocycles. The van der Waals surface area contributed by atoms with Gasteiger partial charge in [0.15, 0.2) is 0 Å². The van der Waals surface area contributed by atoms with Gasteiger partial charge >= 0.3 is 0 Å². The first-order valence-corrected chi connectivity index (χ1v) is 6.91. The maximum Gasteiger partial charge on any atom is 0.0900 e. The average Bonchev–Trinajstić information content (AvgIpc) is 2.43. The van der Waals surface area contributed by atoms with Gasteiger partial charge in [-0.3, -0.25) is 0 Å². The molecule has 2 unspecified atom stereocenters. The molecule has 0 aliphatic heterocycles. The predicted molar refractivity (Wildman–Crippen MR) is 72.1 cm³/mol. The SMILES string of the molecule is Cc1nc(C)c(C(C)NC(C)CC(C)C)s1. The molecule has 1 aromatic rings. The minimum Gasteiger partial charge on any atom is -0.307 e. The summed E-state index contributed by atoms with van der Waals surface area (Å²) in [6.07, 6.45) is 1.22. The summed E-state index contributed by atoms with van der Waals surface area (Å²) in [6.45, 7) is 13.2. The number of nitrogens with one attached hydrogen (secondary N) is 1. The van der Waals surface area contributed by atoms with Crippen molar-refractivity contribution in [3.05, 3.63) is 15.6 Å². The molecule has 0 aliphatic carbocycles. The van der Waals surface area contributed by atoms with E-state index in [0.29, 0.717) is 12.1 Å². The van der Waals surface area contributed by atoms with E-state index in [0.717, 1.165) is 10.9 Å². The first-order valence-electron chi connectivity index (χ1n) is 6.10. The van der Waals surface area contributed by atoms with Crippen molar-refractivity contribution in [2.45, 2.75) is 60.0 Å². The second kappa shape index (κ2) is 5.78. The number of hydrogen-bond donors (Lipinski definition) is 1. The molecule has 16 heavy (non-hydrogen) atoms. The van der Waals surface area contributed by atoms with Gasteiger partial charge in [-0.15, -0.1) is 11.3 Å². The number of aromatic nitrogens is 1. The van der Waals surface area contributed by atoms with Crippen LogP contribution in [0, 0.1) is 19.8 Å². The monoisotopic (exact) mass is 240 g/mol. The zero-order chi connectivity index (χ0) is 12.3. The molecule has 0 saturated carbocycles. The van der Waals surface area contributed by atoms with Gasteiger partial charge in [0, 0.05) is 17.0 Å². The lowest BCUT2D eigenvalue weighted by Crippen LogP contribution is -2.29. The summed E-state index contributed by atoms with van der Waals surface area (Å²) in [5, 5.41) is 4.82. The lowest BCUT2D eigenvalue weighted by atomic mass is 10.0. The summed E-state index contributed by atoms with van der Waals surface area (Å²) in [5.41, 5.74) is 1.18. The van der Waals surface area contributed by atoms with Crippen molar-refractivity contribution in [2.75, 3.05) is 0 Å². The summed E-state index contributed by atoms with van der Waals surface area (Å²) in [5.74, 6) is 0.749. The number of nitrogens with zero attached hydrogens (tertiary/aromatic N) is 1. The van der Waals surface area contributed by atoms with Gasteiger partial charge in [-0.05, 0) is 40.0 Å². The molecule has 0 amide bonds. The fourth-order valence-corrected chi connectivity index (χ4v) is 3.17. The van der Waals surface area contributed by atoms with E-state index in [1.165, 1.54) is 17.0 Å². The third-order valence-electron chi connectivity index (χ3n) is 2.69. The standard InChI is InChI=1S/C13H24N2S/c1-8(2)7-9(3)14-10(4)13-11(5)15-12(6)16-13/h8-10,14H,7H2,1-6H3. The average molecular weight is 240 g/mol. The van der Waals surface area contributed by atoms with E-state index in [1.807, 2.05) is 11.3 Å². The Bertz CT molecular complexity index is 331. The van der Waals surface area contributed by atoms with Crippen LogP contribution in [0.5, 0.6) is 0 Å². The van der Waals surface area contributed by atoms with Gasteiger partial charge < -0.3 is 5.32 Å². The van der Waals surface area contributed by atoms with Crippen molar-refractivity contribution in [3.63, 3.8) is 0 Å². The largest absolute Gasteiger partial charge is 0.307 e. The van der Waals surface area contributed by atoms with Crippen LogP contribution in [0.2, 0.25) is 0 Å². The maximum absolute atomic E-state index is 4.48. The van der Waals surface area contributed by atoms with E-state index >= 15 is 0 Å². The second-order valence-corrected chi connectivity index (χ2v) is 6.34. The maximum atomic E-state index is 4.48. The summed E-state index contributed by atoms with van der Waals surface area (Å²) in [7, 11) is 0. The Morgan fingerprint density at radius 3 is 2.25 bits per heavy atom. The lowest BCUT2D eigenvalue weighted by molar-refractivity contribution is 0.408. The molecule has 0 saturated heterocycles. The van der Waals surface area contributed by atoms with E-state index in [9.17, 15) is 0 Å². The first kappa shape index (κ1) is 13.7. The van der Waals surface area contributed by atoms with Crippen molar-refractivity contribution < 1.29 is 0 Å². The van der Waals surface area contributed by atoms with E-state index in [1.54, 1.807) is 0 Å². The normalized spacial score (nSPS) is 15.4. The first-order chi connectivity index (χ1) is 7.40. The van der Waals surface area contributed by atoms with Crippen LogP contribution < -0.4 is 5.32 Å².